The quantitative estimate of drug-likeness (QED) is 0.591. The van der Waals surface area contributed by atoms with Crippen LogP contribution >= 0.6 is 0 Å². The summed E-state index contributed by atoms with van der Waals surface area (Å²) in [6.07, 6.45) is -0.154. The number of nitrogens with one attached hydrogen (secondary N) is 1. The zero-order chi connectivity index (χ0) is 21.8. The van der Waals surface area contributed by atoms with E-state index in [-0.39, 0.29) is 12.5 Å². The Kier molecular flexibility index (Phi) is 6.00. The smallest absolute Gasteiger partial charge is 0.411 e. The van der Waals surface area contributed by atoms with E-state index in [0.717, 1.165) is 5.56 Å². The molecule has 0 saturated carbocycles. The van der Waals surface area contributed by atoms with E-state index in [1.807, 2.05) is 36.4 Å². The van der Waals surface area contributed by atoms with Gasteiger partial charge in [0.15, 0.2) is 0 Å². The lowest BCUT2D eigenvalue weighted by Gasteiger charge is -2.15. The molecule has 1 aliphatic carbocycles. The Balaban J connectivity index is 1.36. The van der Waals surface area contributed by atoms with Crippen molar-refractivity contribution in [1.82, 2.24) is 0 Å². The zero-order valence-electron chi connectivity index (χ0n) is 17.2. The lowest BCUT2D eigenvalue weighted by molar-refractivity contribution is -0.142. The van der Waals surface area contributed by atoms with E-state index in [1.165, 1.54) is 29.4 Å². The Morgan fingerprint density at radius 3 is 2.10 bits per heavy atom. The van der Waals surface area contributed by atoms with Gasteiger partial charge in [0, 0.05) is 11.6 Å². The van der Waals surface area contributed by atoms with Crippen LogP contribution in [-0.4, -0.2) is 31.8 Å². The SMILES string of the molecule is COC(=O)[C@H](N)Cc1ccc(NC(=O)OCC2c3ccccc3-c3ccccc32)cc1. The maximum atomic E-state index is 12.4. The van der Waals surface area contributed by atoms with E-state index in [2.05, 4.69) is 34.3 Å². The lowest BCUT2D eigenvalue weighted by atomic mass is 9.98. The van der Waals surface area contributed by atoms with Crippen LogP contribution in [0.2, 0.25) is 0 Å². The van der Waals surface area contributed by atoms with E-state index in [9.17, 15) is 9.59 Å². The number of anilines is 1. The fourth-order valence-electron chi connectivity index (χ4n) is 3.97. The van der Waals surface area contributed by atoms with E-state index in [4.69, 9.17) is 10.5 Å². The number of nitrogens with two attached hydrogens (primary N) is 1. The van der Waals surface area contributed by atoms with Crippen LogP contribution in [0.1, 0.15) is 22.6 Å². The third-order valence-electron chi connectivity index (χ3n) is 5.50. The van der Waals surface area contributed by atoms with Gasteiger partial charge in [-0.2, -0.15) is 0 Å². The number of methoxy groups -OCH3 is 1. The van der Waals surface area contributed by atoms with Crippen LogP contribution in [0.4, 0.5) is 10.5 Å². The van der Waals surface area contributed by atoms with Gasteiger partial charge >= 0.3 is 12.1 Å². The van der Waals surface area contributed by atoms with Gasteiger partial charge in [-0.3, -0.25) is 10.1 Å². The van der Waals surface area contributed by atoms with Crippen LogP contribution in [0.3, 0.4) is 0 Å². The standard InChI is InChI=1S/C25H24N2O4/c1-30-24(28)23(26)14-16-10-12-17(13-11-16)27-25(29)31-15-22-20-8-4-2-6-18(20)19-7-3-5-9-21(19)22/h2-13,22-23H,14-15,26H2,1H3,(H,27,29)/t23-/m1/s1. The second kappa shape index (κ2) is 9.02. The van der Waals surface area contributed by atoms with Gasteiger partial charge in [-0.15, -0.1) is 0 Å². The lowest BCUT2D eigenvalue weighted by Crippen LogP contribution is -2.33. The molecule has 6 heteroatoms. The largest absolute Gasteiger partial charge is 0.468 e. The molecule has 4 rings (SSSR count). The zero-order valence-corrected chi connectivity index (χ0v) is 17.2. The van der Waals surface area contributed by atoms with Crippen LogP contribution in [0.5, 0.6) is 0 Å². The van der Waals surface area contributed by atoms with Gasteiger partial charge < -0.3 is 15.2 Å². The minimum Gasteiger partial charge on any atom is -0.468 e. The molecule has 3 N–H and O–H groups in total. The van der Waals surface area contributed by atoms with Gasteiger partial charge in [0.2, 0.25) is 0 Å². The molecule has 1 aliphatic rings. The van der Waals surface area contributed by atoms with Crippen molar-refractivity contribution in [3.63, 3.8) is 0 Å². The van der Waals surface area contributed by atoms with Crippen LogP contribution in [-0.2, 0) is 20.7 Å². The topological polar surface area (TPSA) is 90.6 Å². The average molecular weight is 416 g/mol. The fraction of sp³-hybridized carbons (Fsp3) is 0.200. The maximum absolute atomic E-state index is 12.4. The summed E-state index contributed by atoms with van der Waals surface area (Å²) in [5, 5.41) is 2.74. The molecular formula is C25H24N2O4. The number of hydrogen-bond donors (Lipinski definition) is 2. The van der Waals surface area contributed by atoms with Crippen molar-refractivity contribution in [2.75, 3.05) is 19.0 Å². The fourth-order valence-corrected chi connectivity index (χ4v) is 3.97. The van der Waals surface area contributed by atoms with Crippen LogP contribution < -0.4 is 11.1 Å². The summed E-state index contributed by atoms with van der Waals surface area (Å²) >= 11 is 0. The molecular weight excluding hydrogens is 392 g/mol. The van der Waals surface area contributed by atoms with Crippen LogP contribution in [0.25, 0.3) is 11.1 Å². The Labute approximate surface area is 181 Å². The molecule has 0 saturated heterocycles. The predicted molar refractivity (Wildman–Crippen MR) is 119 cm³/mol. The number of benzene rings is 3. The Morgan fingerprint density at radius 1 is 0.935 bits per heavy atom. The maximum Gasteiger partial charge on any atom is 0.411 e. The number of esters is 1. The second-order valence-electron chi connectivity index (χ2n) is 7.48. The first-order valence-corrected chi connectivity index (χ1v) is 10.1. The summed E-state index contributed by atoms with van der Waals surface area (Å²) in [7, 11) is 1.31. The molecule has 0 fully saturated rings. The molecule has 3 aromatic rings. The second-order valence-corrected chi connectivity index (χ2v) is 7.48. The number of ether oxygens (including phenoxy) is 2. The predicted octanol–water partition coefficient (Wildman–Crippen LogP) is 4.09. The van der Waals surface area contributed by atoms with Gasteiger partial charge in [0.05, 0.1) is 7.11 Å². The van der Waals surface area contributed by atoms with Crippen molar-refractivity contribution < 1.29 is 19.1 Å². The van der Waals surface area contributed by atoms with Gasteiger partial charge in [-0.25, -0.2) is 4.79 Å². The summed E-state index contributed by atoms with van der Waals surface area (Å²) < 4.78 is 10.2. The Hall–Kier alpha value is -3.64. The monoisotopic (exact) mass is 416 g/mol. The summed E-state index contributed by atoms with van der Waals surface area (Å²) in [6, 6.07) is 22.8. The van der Waals surface area contributed by atoms with E-state index < -0.39 is 18.1 Å². The first-order valence-electron chi connectivity index (χ1n) is 10.1. The van der Waals surface area contributed by atoms with E-state index in [1.54, 1.807) is 12.1 Å². The number of carbonyl (C=O) groups is 2. The summed E-state index contributed by atoms with van der Waals surface area (Å²) in [4.78, 5) is 23.8. The highest BCUT2D eigenvalue weighted by Crippen LogP contribution is 2.44. The third kappa shape index (κ3) is 4.44. The van der Waals surface area contributed by atoms with Gasteiger partial charge in [-0.05, 0) is 46.4 Å². The number of rotatable bonds is 6. The minimum absolute atomic E-state index is 0.0142. The minimum atomic E-state index is -0.717. The summed E-state index contributed by atoms with van der Waals surface area (Å²) in [6.45, 7) is 0.256. The van der Waals surface area contributed by atoms with Crippen molar-refractivity contribution in [2.24, 2.45) is 5.73 Å². The first-order chi connectivity index (χ1) is 15.1. The van der Waals surface area contributed by atoms with Gasteiger partial charge in [0.25, 0.3) is 0 Å². The van der Waals surface area contributed by atoms with Crippen molar-refractivity contribution in [2.45, 2.75) is 18.4 Å². The van der Waals surface area contributed by atoms with E-state index >= 15 is 0 Å². The van der Waals surface area contributed by atoms with Crippen molar-refractivity contribution >= 4 is 17.7 Å². The molecule has 1 amide bonds. The molecule has 0 radical (unpaired) electrons. The summed E-state index contributed by atoms with van der Waals surface area (Å²) in [5.41, 5.74) is 12.0. The molecule has 0 aromatic heterocycles. The number of carbonyl (C=O) groups excluding carboxylic acids is 2. The van der Waals surface area contributed by atoms with E-state index in [0.29, 0.717) is 12.1 Å². The molecule has 0 heterocycles. The van der Waals surface area contributed by atoms with Crippen LogP contribution in [0.15, 0.2) is 72.8 Å². The average Bonchev–Trinajstić information content (AvgIpc) is 3.12. The molecule has 158 valence electrons. The third-order valence-corrected chi connectivity index (χ3v) is 5.50. The first kappa shape index (κ1) is 20.6. The molecule has 0 unspecified atom stereocenters. The number of fused-ring (bicyclic) bond motifs is 3. The number of amides is 1. The number of hydrogen-bond acceptors (Lipinski definition) is 5. The molecule has 0 spiro atoms. The highest BCUT2D eigenvalue weighted by Gasteiger charge is 2.29. The molecule has 0 bridgehead atoms. The summed E-state index contributed by atoms with van der Waals surface area (Å²) in [5.74, 6) is -0.443. The molecule has 0 aliphatic heterocycles. The van der Waals surface area contributed by atoms with Crippen molar-refractivity contribution in [3.05, 3.63) is 89.5 Å². The molecule has 31 heavy (non-hydrogen) atoms. The van der Waals surface area contributed by atoms with Gasteiger partial charge in [0.1, 0.15) is 12.6 Å². The molecule has 6 nitrogen and oxygen atoms in total. The molecule has 1 atom stereocenters. The molecule has 3 aromatic carbocycles. The Bertz CT molecular complexity index is 1050. The van der Waals surface area contributed by atoms with Crippen molar-refractivity contribution in [1.29, 1.82) is 0 Å². The van der Waals surface area contributed by atoms with Crippen molar-refractivity contribution in [3.8, 4) is 11.1 Å². The van der Waals surface area contributed by atoms with Crippen LogP contribution in [0, 0.1) is 0 Å². The highest BCUT2D eigenvalue weighted by molar-refractivity contribution is 5.85. The Morgan fingerprint density at radius 2 is 1.52 bits per heavy atom. The highest BCUT2D eigenvalue weighted by atomic mass is 16.5. The normalized spacial score (nSPS) is 13.1. The van der Waals surface area contributed by atoms with Gasteiger partial charge in [-0.1, -0.05) is 60.7 Å².